The van der Waals surface area contributed by atoms with E-state index >= 15 is 0 Å². The number of hydrogen-bond acceptors (Lipinski definition) is 5. The van der Waals surface area contributed by atoms with Gasteiger partial charge in [0.05, 0.1) is 12.5 Å². The molecule has 2 aliphatic rings. The van der Waals surface area contributed by atoms with Gasteiger partial charge in [0.25, 0.3) is 12.4 Å². The van der Waals surface area contributed by atoms with Crippen molar-refractivity contribution in [3.05, 3.63) is 53.9 Å². The van der Waals surface area contributed by atoms with E-state index in [4.69, 9.17) is 9.90 Å². The lowest BCUT2D eigenvalue weighted by Gasteiger charge is -2.30. The zero-order valence-corrected chi connectivity index (χ0v) is 18.4. The zero-order chi connectivity index (χ0) is 23.6. The fourth-order valence-electron chi connectivity index (χ4n) is 4.12. The van der Waals surface area contributed by atoms with E-state index in [2.05, 4.69) is 25.5 Å². The minimum absolute atomic E-state index is 0.00673. The molecule has 1 aliphatic carbocycles. The molecule has 4 rings (SSSR count). The number of imidazole rings is 1. The molecular formula is C23H30FN5O4. The maximum atomic E-state index is 13.0. The Labute approximate surface area is 191 Å². The van der Waals surface area contributed by atoms with Crippen molar-refractivity contribution >= 4 is 18.3 Å². The number of carbonyl (C=O) groups is 3. The van der Waals surface area contributed by atoms with Crippen LogP contribution in [-0.2, 0) is 16.1 Å². The topological polar surface area (TPSA) is 127 Å². The van der Waals surface area contributed by atoms with Gasteiger partial charge in [-0.15, -0.1) is 0 Å². The predicted molar refractivity (Wildman–Crippen MR) is 119 cm³/mol. The number of likely N-dealkylation sites (tertiary alicyclic amines) is 1. The number of aromatic amines is 1. The van der Waals surface area contributed by atoms with Crippen molar-refractivity contribution in [3.63, 3.8) is 0 Å². The first-order valence-electron chi connectivity index (χ1n) is 11.1. The molecule has 1 saturated heterocycles. The number of nitrogens with one attached hydrogen (secondary N) is 3. The molecule has 0 spiro atoms. The van der Waals surface area contributed by atoms with Crippen LogP contribution in [0.3, 0.4) is 0 Å². The SMILES string of the molecule is O=C(C[C@H]1CC[C@@H](CNC(=O)c2cnc[nH]2)N1CC1CC1)NCc1ccc(F)cc1.O=CO. The Kier molecular flexibility index (Phi) is 8.94. The zero-order valence-electron chi connectivity index (χ0n) is 18.4. The molecule has 1 aromatic carbocycles. The van der Waals surface area contributed by atoms with Gasteiger partial charge in [0, 0.05) is 38.1 Å². The van der Waals surface area contributed by atoms with Gasteiger partial charge in [0.15, 0.2) is 0 Å². The minimum Gasteiger partial charge on any atom is -0.483 e. The number of H-pyrrole nitrogens is 1. The summed E-state index contributed by atoms with van der Waals surface area (Å²) in [5.74, 6) is 0.280. The van der Waals surface area contributed by atoms with E-state index in [1.165, 1.54) is 37.5 Å². The molecule has 0 unspecified atom stereocenters. The quantitative estimate of drug-likeness (QED) is 0.425. The van der Waals surface area contributed by atoms with Gasteiger partial charge in [-0.3, -0.25) is 19.3 Å². The molecule has 33 heavy (non-hydrogen) atoms. The van der Waals surface area contributed by atoms with Gasteiger partial charge in [0.1, 0.15) is 11.5 Å². The molecule has 0 radical (unpaired) electrons. The van der Waals surface area contributed by atoms with E-state index in [1.54, 1.807) is 12.1 Å². The summed E-state index contributed by atoms with van der Waals surface area (Å²) in [4.78, 5) is 42.2. The second kappa shape index (κ2) is 12.1. The maximum Gasteiger partial charge on any atom is 0.290 e. The molecule has 2 heterocycles. The van der Waals surface area contributed by atoms with Gasteiger partial charge in [-0.2, -0.15) is 0 Å². The molecule has 9 nitrogen and oxygen atoms in total. The van der Waals surface area contributed by atoms with Crippen molar-refractivity contribution in [2.75, 3.05) is 13.1 Å². The number of carboxylic acid groups (broad SMARTS) is 1. The maximum absolute atomic E-state index is 13.0. The number of rotatable bonds is 9. The van der Waals surface area contributed by atoms with Gasteiger partial charge in [-0.05, 0) is 49.3 Å². The van der Waals surface area contributed by atoms with E-state index in [-0.39, 0.29) is 36.2 Å². The van der Waals surface area contributed by atoms with Crippen LogP contribution in [0.2, 0.25) is 0 Å². The van der Waals surface area contributed by atoms with Crippen LogP contribution in [0.5, 0.6) is 0 Å². The third-order valence-corrected chi connectivity index (χ3v) is 6.00. The van der Waals surface area contributed by atoms with Crippen LogP contribution in [0.4, 0.5) is 4.39 Å². The van der Waals surface area contributed by atoms with Crippen LogP contribution in [0.1, 0.15) is 48.2 Å². The summed E-state index contributed by atoms with van der Waals surface area (Å²) in [5.41, 5.74) is 1.34. The summed E-state index contributed by atoms with van der Waals surface area (Å²) in [6, 6.07) is 6.60. The molecule has 1 saturated carbocycles. The Morgan fingerprint density at radius 3 is 2.48 bits per heavy atom. The first-order valence-corrected chi connectivity index (χ1v) is 11.1. The monoisotopic (exact) mass is 459 g/mol. The Morgan fingerprint density at radius 2 is 1.85 bits per heavy atom. The summed E-state index contributed by atoms with van der Waals surface area (Å²) >= 11 is 0. The number of halogens is 1. The first kappa shape index (κ1) is 24.4. The fourth-order valence-corrected chi connectivity index (χ4v) is 4.12. The van der Waals surface area contributed by atoms with Crippen molar-refractivity contribution in [2.24, 2.45) is 5.92 Å². The molecule has 2 amide bonds. The number of nitrogens with zero attached hydrogens (tertiary/aromatic N) is 2. The van der Waals surface area contributed by atoms with Gasteiger partial charge in [-0.1, -0.05) is 12.1 Å². The minimum atomic E-state index is -0.280. The standard InChI is InChI=1S/C22H28FN5O2.CH2O2/c23-17-5-3-15(4-6-17)10-25-21(29)9-18-7-8-19(28(18)13-16-1-2-16)11-26-22(30)20-12-24-14-27-20;2-1-3/h3-6,12,14,16,18-19H,1-2,7-11,13H2,(H,24,27)(H,25,29)(H,26,30);1H,(H,2,3)/t18-,19+;/m1./s1. The van der Waals surface area contributed by atoms with Crippen LogP contribution in [0, 0.1) is 11.7 Å². The Hall–Kier alpha value is -3.27. The number of benzene rings is 1. The molecule has 2 fully saturated rings. The van der Waals surface area contributed by atoms with E-state index in [1.807, 2.05) is 0 Å². The Morgan fingerprint density at radius 1 is 1.15 bits per heavy atom. The largest absolute Gasteiger partial charge is 0.483 e. The van der Waals surface area contributed by atoms with Crippen molar-refractivity contribution in [3.8, 4) is 0 Å². The van der Waals surface area contributed by atoms with Gasteiger partial charge < -0.3 is 20.7 Å². The lowest BCUT2D eigenvalue weighted by Crippen LogP contribution is -2.45. The highest BCUT2D eigenvalue weighted by Gasteiger charge is 2.38. The molecule has 2 aromatic rings. The summed E-state index contributed by atoms with van der Waals surface area (Å²) in [6.45, 7) is 1.71. The second-order valence-electron chi connectivity index (χ2n) is 8.41. The third-order valence-electron chi connectivity index (χ3n) is 6.00. The van der Waals surface area contributed by atoms with Crippen LogP contribution in [-0.4, -0.2) is 63.4 Å². The van der Waals surface area contributed by atoms with Crippen LogP contribution >= 0.6 is 0 Å². The van der Waals surface area contributed by atoms with Crippen molar-refractivity contribution in [1.29, 1.82) is 0 Å². The van der Waals surface area contributed by atoms with Crippen molar-refractivity contribution < 1.29 is 23.9 Å². The second-order valence-corrected chi connectivity index (χ2v) is 8.41. The average Bonchev–Trinajstić information content (AvgIpc) is 3.30. The summed E-state index contributed by atoms with van der Waals surface area (Å²) in [7, 11) is 0. The fraction of sp³-hybridized carbons (Fsp3) is 0.478. The summed E-state index contributed by atoms with van der Waals surface area (Å²) in [6.07, 6.45) is 7.84. The highest BCUT2D eigenvalue weighted by molar-refractivity contribution is 5.91. The average molecular weight is 460 g/mol. The molecule has 10 heteroatoms. The Bertz CT molecular complexity index is 902. The predicted octanol–water partition coefficient (Wildman–Crippen LogP) is 1.93. The van der Waals surface area contributed by atoms with Crippen LogP contribution in [0.15, 0.2) is 36.8 Å². The molecule has 1 aromatic heterocycles. The number of amides is 2. The van der Waals surface area contributed by atoms with Gasteiger partial charge in [-0.25, -0.2) is 9.37 Å². The molecule has 0 bridgehead atoms. The van der Waals surface area contributed by atoms with E-state index in [0.717, 1.165) is 24.9 Å². The van der Waals surface area contributed by atoms with Gasteiger partial charge >= 0.3 is 0 Å². The van der Waals surface area contributed by atoms with E-state index in [9.17, 15) is 14.0 Å². The first-order chi connectivity index (χ1) is 16.0. The molecule has 2 atom stereocenters. The number of aromatic nitrogens is 2. The lowest BCUT2D eigenvalue weighted by molar-refractivity contribution is -0.123. The number of carbonyl (C=O) groups excluding carboxylic acids is 2. The third kappa shape index (κ3) is 7.67. The van der Waals surface area contributed by atoms with E-state index < -0.39 is 0 Å². The highest BCUT2D eigenvalue weighted by atomic mass is 19.1. The summed E-state index contributed by atoms with van der Waals surface area (Å²) in [5, 5.41) is 12.8. The lowest BCUT2D eigenvalue weighted by atomic mass is 10.1. The molecule has 1 aliphatic heterocycles. The van der Waals surface area contributed by atoms with Crippen LogP contribution < -0.4 is 10.6 Å². The number of hydrogen-bond donors (Lipinski definition) is 4. The van der Waals surface area contributed by atoms with E-state index in [0.29, 0.717) is 31.1 Å². The molecule has 178 valence electrons. The van der Waals surface area contributed by atoms with Crippen LogP contribution in [0.25, 0.3) is 0 Å². The smallest absolute Gasteiger partial charge is 0.290 e. The highest BCUT2D eigenvalue weighted by Crippen LogP contribution is 2.35. The van der Waals surface area contributed by atoms with Gasteiger partial charge in [0.2, 0.25) is 5.91 Å². The van der Waals surface area contributed by atoms with Crippen molar-refractivity contribution in [2.45, 2.75) is 50.7 Å². The Balaban J connectivity index is 0.000000968. The normalized spacial score (nSPS) is 19.9. The summed E-state index contributed by atoms with van der Waals surface area (Å²) < 4.78 is 13.0. The van der Waals surface area contributed by atoms with Crippen molar-refractivity contribution in [1.82, 2.24) is 25.5 Å². The molecule has 4 N–H and O–H groups in total. The molecular weight excluding hydrogens is 429 g/mol.